The fourth-order valence-electron chi connectivity index (χ4n) is 2.62. The molecule has 0 unspecified atom stereocenters. The maximum Gasteiger partial charge on any atom is 0.0589 e. The first kappa shape index (κ1) is 15.9. The van der Waals surface area contributed by atoms with Crippen molar-refractivity contribution in [1.29, 1.82) is 0 Å². The van der Waals surface area contributed by atoms with Crippen LogP contribution in [-0.2, 0) is 9.47 Å². The van der Waals surface area contributed by atoms with Crippen LogP contribution in [0.3, 0.4) is 0 Å². The van der Waals surface area contributed by atoms with Gasteiger partial charge in [0.2, 0.25) is 0 Å². The molecule has 1 rings (SSSR count). The lowest BCUT2D eigenvalue weighted by Gasteiger charge is -2.40. The fourth-order valence-corrected chi connectivity index (χ4v) is 2.62. The van der Waals surface area contributed by atoms with Crippen LogP contribution in [0.5, 0.6) is 0 Å². The molecule has 1 saturated heterocycles. The van der Waals surface area contributed by atoms with E-state index < -0.39 is 0 Å². The number of hydrogen-bond donors (Lipinski definition) is 1. The van der Waals surface area contributed by atoms with Gasteiger partial charge >= 0.3 is 0 Å². The third-order valence-electron chi connectivity index (χ3n) is 3.76. The molecule has 0 radical (unpaired) electrons. The maximum atomic E-state index is 5.52. The van der Waals surface area contributed by atoms with Gasteiger partial charge in [0.15, 0.2) is 0 Å². The van der Waals surface area contributed by atoms with E-state index in [1.165, 1.54) is 19.3 Å². The molecule has 0 aromatic heterocycles. The minimum atomic E-state index is 0.385. The van der Waals surface area contributed by atoms with E-state index in [0.717, 1.165) is 46.0 Å². The van der Waals surface area contributed by atoms with E-state index in [0.29, 0.717) is 5.41 Å². The van der Waals surface area contributed by atoms with Crippen molar-refractivity contribution in [2.75, 3.05) is 60.2 Å². The Balaban J connectivity index is 2.42. The largest absolute Gasteiger partial charge is 0.383 e. The van der Waals surface area contributed by atoms with E-state index in [-0.39, 0.29) is 0 Å². The summed E-state index contributed by atoms with van der Waals surface area (Å²) in [7, 11) is 3.96. The van der Waals surface area contributed by atoms with Crippen LogP contribution >= 0.6 is 0 Å². The highest BCUT2D eigenvalue weighted by Gasteiger charge is 2.33. The van der Waals surface area contributed by atoms with Crippen molar-refractivity contribution >= 4 is 0 Å². The molecule has 1 N–H and O–H groups in total. The highest BCUT2D eigenvalue weighted by Crippen LogP contribution is 2.30. The Kier molecular flexibility index (Phi) is 7.82. The summed E-state index contributed by atoms with van der Waals surface area (Å²) in [4.78, 5) is 2.39. The number of likely N-dealkylation sites (N-methyl/N-ethyl adjacent to an activating group) is 1. The summed E-state index contributed by atoms with van der Waals surface area (Å²) in [5.74, 6) is 0. The van der Waals surface area contributed by atoms with Crippen LogP contribution in [0.2, 0.25) is 0 Å². The normalized spacial score (nSPS) is 19.3. The molecule has 0 spiro atoms. The lowest BCUT2D eigenvalue weighted by molar-refractivity contribution is -0.00311. The Morgan fingerprint density at radius 3 is 2.67 bits per heavy atom. The SMILES string of the molecule is CCCNCC1(CN(C)CCOC)CCOCC1. The molecular formula is C14H30N2O2. The van der Waals surface area contributed by atoms with Crippen LogP contribution < -0.4 is 5.32 Å². The highest BCUT2D eigenvalue weighted by molar-refractivity contribution is 4.86. The number of methoxy groups -OCH3 is 1. The first-order valence-electron chi connectivity index (χ1n) is 7.18. The predicted molar refractivity (Wildman–Crippen MR) is 75.0 cm³/mol. The van der Waals surface area contributed by atoms with Crippen LogP contribution in [0.4, 0.5) is 0 Å². The van der Waals surface area contributed by atoms with E-state index in [2.05, 4.69) is 24.2 Å². The zero-order valence-corrected chi connectivity index (χ0v) is 12.3. The molecule has 108 valence electrons. The summed E-state index contributed by atoms with van der Waals surface area (Å²) in [6.07, 6.45) is 3.54. The molecular weight excluding hydrogens is 228 g/mol. The van der Waals surface area contributed by atoms with E-state index in [1.54, 1.807) is 7.11 Å². The second-order valence-electron chi connectivity index (χ2n) is 5.52. The van der Waals surface area contributed by atoms with Crippen molar-refractivity contribution < 1.29 is 9.47 Å². The molecule has 4 nitrogen and oxygen atoms in total. The van der Waals surface area contributed by atoms with Gasteiger partial charge in [-0.25, -0.2) is 0 Å². The number of nitrogens with one attached hydrogen (secondary N) is 1. The van der Waals surface area contributed by atoms with Crippen molar-refractivity contribution in [3.05, 3.63) is 0 Å². The van der Waals surface area contributed by atoms with Crippen LogP contribution in [0.1, 0.15) is 26.2 Å². The Morgan fingerprint density at radius 1 is 1.33 bits per heavy atom. The Labute approximate surface area is 112 Å². The highest BCUT2D eigenvalue weighted by atomic mass is 16.5. The van der Waals surface area contributed by atoms with Crippen LogP contribution in [0.15, 0.2) is 0 Å². The van der Waals surface area contributed by atoms with Gasteiger partial charge < -0.3 is 19.7 Å². The molecule has 0 aromatic rings. The summed E-state index contributed by atoms with van der Waals surface area (Å²) in [5.41, 5.74) is 0.385. The molecule has 1 aliphatic heterocycles. The number of rotatable bonds is 9. The molecule has 0 bridgehead atoms. The van der Waals surface area contributed by atoms with Gasteiger partial charge in [0.1, 0.15) is 0 Å². The molecule has 0 aliphatic carbocycles. The smallest absolute Gasteiger partial charge is 0.0589 e. The number of ether oxygens (including phenoxy) is 2. The average Bonchev–Trinajstić information content (AvgIpc) is 2.38. The minimum Gasteiger partial charge on any atom is -0.383 e. The van der Waals surface area contributed by atoms with Crippen LogP contribution in [0, 0.1) is 5.41 Å². The molecule has 1 heterocycles. The van der Waals surface area contributed by atoms with Gasteiger partial charge in [0.25, 0.3) is 0 Å². The summed E-state index contributed by atoms with van der Waals surface area (Å²) >= 11 is 0. The molecule has 0 aromatic carbocycles. The lowest BCUT2D eigenvalue weighted by Crippen LogP contribution is -2.47. The third-order valence-corrected chi connectivity index (χ3v) is 3.76. The van der Waals surface area contributed by atoms with Gasteiger partial charge in [-0.1, -0.05) is 6.92 Å². The second kappa shape index (κ2) is 8.86. The van der Waals surface area contributed by atoms with Crippen molar-refractivity contribution in [3.8, 4) is 0 Å². The number of nitrogens with zero attached hydrogens (tertiary/aromatic N) is 1. The van der Waals surface area contributed by atoms with Crippen molar-refractivity contribution in [2.45, 2.75) is 26.2 Å². The summed E-state index contributed by atoms with van der Waals surface area (Å²) in [6, 6.07) is 0. The standard InChI is InChI=1S/C14H30N2O2/c1-4-7-15-12-14(5-9-18-10-6-14)13-16(2)8-11-17-3/h15H,4-13H2,1-3H3. The zero-order chi connectivity index (χ0) is 13.3. The van der Waals surface area contributed by atoms with Crippen LogP contribution in [0.25, 0.3) is 0 Å². The van der Waals surface area contributed by atoms with Crippen molar-refractivity contribution in [3.63, 3.8) is 0 Å². The topological polar surface area (TPSA) is 33.7 Å². The summed E-state index contributed by atoms with van der Waals surface area (Å²) < 4.78 is 10.7. The van der Waals surface area contributed by atoms with Crippen molar-refractivity contribution in [2.24, 2.45) is 5.41 Å². The Hall–Kier alpha value is -0.160. The van der Waals surface area contributed by atoms with E-state index in [9.17, 15) is 0 Å². The predicted octanol–water partition coefficient (Wildman–Crippen LogP) is 1.36. The second-order valence-corrected chi connectivity index (χ2v) is 5.52. The van der Waals surface area contributed by atoms with E-state index in [4.69, 9.17) is 9.47 Å². The van der Waals surface area contributed by atoms with Gasteiger partial charge in [0.05, 0.1) is 6.61 Å². The van der Waals surface area contributed by atoms with E-state index in [1.807, 2.05) is 0 Å². The van der Waals surface area contributed by atoms with Gasteiger partial charge in [0, 0.05) is 40.0 Å². The van der Waals surface area contributed by atoms with Crippen LogP contribution in [-0.4, -0.2) is 65.1 Å². The molecule has 0 atom stereocenters. The summed E-state index contributed by atoms with van der Waals surface area (Å²) in [6.45, 7) is 9.22. The minimum absolute atomic E-state index is 0.385. The van der Waals surface area contributed by atoms with Gasteiger partial charge in [-0.3, -0.25) is 0 Å². The van der Waals surface area contributed by atoms with Gasteiger partial charge in [-0.05, 0) is 38.3 Å². The zero-order valence-electron chi connectivity index (χ0n) is 12.3. The first-order valence-corrected chi connectivity index (χ1v) is 7.18. The first-order chi connectivity index (χ1) is 8.72. The summed E-state index contributed by atoms with van der Waals surface area (Å²) in [5, 5.41) is 3.59. The monoisotopic (exact) mass is 258 g/mol. The van der Waals surface area contributed by atoms with Gasteiger partial charge in [-0.15, -0.1) is 0 Å². The van der Waals surface area contributed by atoms with Crippen molar-refractivity contribution in [1.82, 2.24) is 10.2 Å². The fraction of sp³-hybridized carbons (Fsp3) is 1.00. The lowest BCUT2D eigenvalue weighted by atomic mass is 9.79. The molecule has 1 fully saturated rings. The Bertz CT molecular complexity index is 206. The molecule has 0 saturated carbocycles. The third kappa shape index (κ3) is 5.65. The molecule has 18 heavy (non-hydrogen) atoms. The quantitative estimate of drug-likeness (QED) is 0.633. The molecule has 4 heteroatoms. The maximum absolute atomic E-state index is 5.52. The number of hydrogen-bond acceptors (Lipinski definition) is 4. The van der Waals surface area contributed by atoms with Gasteiger partial charge in [-0.2, -0.15) is 0 Å². The Morgan fingerprint density at radius 2 is 2.06 bits per heavy atom. The average molecular weight is 258 g/mol. The molecule has 0 amide bonds. The molecule has 1 aliphatic rings. The van der Waals surface area contributed by atoms with E-state index >= 15 is 0 Å².